The maximum Gasteiger partial charge on any atom is 0.161 e. The Kier molecular flexibility index (Phi) is 5.05. The molecular weight excluding hydrogens is 291 g/mol. The normalized spacial score (nSPS) is 30.9. The highest BCUT2D eigenvalue weighted by Crippen LogP contribution is 2.66. The molecule has 1 unspecified atom stereocenters. The molecule has 1 aromatic rings. The van der Waals surface area contributed by atoms with Gasteiger partial charge in [0.25, 0.3) is 0 Å². The van der Waals surface area contributed by atoms with Crippen LogP contribution in [-0.2, 0) is 0 Å². The van der Waals surface area contributed by atoms with E-state index in [9.17, 15) is 0 Å². The fourth-order valence-electron chi connectivity index (χ4n) is 2.12. The standard InChI is InChI=1S/C11H16ClN2PS2/c1-9-11(10-7-5-4-6-8-10)14(17-3)15(12)13(9)16-2/h4-9,11H,1-3H3/t9-,11+,15?/m1/s1. The quantitative estimate of drug-likeness (QED) is 0.586. The monoisotopic (exact) mass is 306 g/mol. The molecule has 2 nitrogen and oxygen atoms in total. The Hall–Kier alpha value is 0.560. The summed E-state index contributed by atoms with van der Waals surface area (Å²) in [7, 11) is -0.730. The zero-order chi connectivity index (χ0) is 12.4. The third kappa shape index (κ3) is 2.63. The van der Waals surface area contributed by atoms with Crippen LogP contribution < -0.4 is 0 Å². The Labute approximate surface area is 118 Å². The SMILES string of the molecule is CSN1[C@H](C)[C@@H](c2ccccc2)N(SC)P1Cl. The van der Waals surface area contributed by atoms with E-state index >= 15 is 0 Å². The predicted octanol–water partition coefficient (Wildman–Crippen LogP) is 4.76. The van der Waals surface area contributed by atoms with E-state index in [1.165, 1.54) is 5.56 Å². The maximum atomic E-state index is 6.56. The van der Waals surface area contributed by atoms with E-state index < -0.39 is 7.58 Å². The summed E-state index contributed by atoms with van der Waals surface area (Å²) in [6.07, 6.45) is 4.20. The van der Waals surface area contributed by atoms with Crippen LogP contribution >= 0.6 is 42.7 Å². The van der Waals surface area contributed by atoms with E-state index in [2.05, 4.69) is 57.9 Å². The van der Waals surface area contributed by atoms with Crippen molar-refractivity contribution < 1.29 is 0 Å². The second kappa shape index (κ2) is 6.14. The van der Waals surface area contributed by atoms with Crippen molar-refractivity contribution in [2.45, 2.75) is 19.0 Å². The largest absolute Gasteiger partial charge is 0.197 e. The first kappa shape index (κ1) is 14.0. The summed E-state index contributed by atoms with van der Waals surface area (Å²) in [5.74, 6) is 0. The number of benzene rings is 1. The maximum absolute atomic E-state index is 6.56. The molecule has 94 valence electrons. The molecule has 0 bridgehead atoms. The highest BCUT2D eigenvalue weighted by molar-refractivity contribution is 8.09. The van der Waals surface area contributed by atoms with E-state index in [0.717, 1.165) is 0 Å². The van der Waals surface area contributed by atoms with Crippen molar-refractivity contribution >= 4 is 42.7 Å². The summed E-state index contributed by atoms with van der Waals surface area (Å²) >= 11 is 10.0. The van der Waals surface area contributed by atoms with Gasteiger partial charge < -0.3 is 0 Å². The predicted molar refractivity (Wildman–Crippen MR) is 82.1 cm³/mol. The van der Waals surface area contributed by atoms with E-state index in [-0.39, 0.29) is 0 Å². The van der Waals surface area contributed by atoms with Crippen LogP contribution in [0.15, 0.2) is 30.3 Å². The lowest BCUT2D eigenvalue weighted by atomic mass is 10.0. The smallest absolute Gasteiger partial charge is 0.161 e. The number of hydrogen-bond donors (Lipinski definition) is 0. The van der Waals surface area contributed by atoms with Gasteiger partial charge in [0, 0.05) is 6.04 Å². The molecule has 0 aliphatic carbocycles. The van der Waals surface area contributed by atoms with E-state index in [4.69, 9.17) is 11.2 Å². The fraction of sp³-hybridized carbons (Fsp3) is 0.455. The van der Waals surface area contributed by atoms with Gasteiger partial charge in [-0.2, -0.15) is 8.15 Å². The first-order valence-electron chi connectivity index (χ1n) is 5.38. The Bertz CT molecular complexity index is 368. The average molecular weight is 307 g/mol. The van der Waals surface area contributed by atoms with Gasteiger partial charge in [0.05, 0.1) is 6.04 Å². The van der Waals surface area contributed by atoms with Crippen LogP contribution in [-0.4, -0.2) is 26.7 Å². The van der Waals surface area contributed by atoms with Crippen molar-refractivity contribution in [3.05, 3.63) is 35.9 Å². The third-order valence-corrected chi connectivity index (χ3v) is 8.88. The van der Waals surface area contributed by atoms with Crippen molar-refractivity contribution in [1.82, 2.24) is 8.15 Å². The Balaban J connectivity index is 2.32. The minimum atomic E-state index is -0.730. The number of rotatable bonds is 3. The van der Waals surface area contributed by atoms with Gasteiger partial charge in [0.15, 0.2) is 7.58 Å². The summed E-state index contributed by atoms with van der Waals surface area (Å²) in [5.41, 5.74) is 1.35. The van der Waals surface area contributed by atoms with Crippen molar-refractivity contribution in [2.24, 2.45) is 0 Å². The third-order valence-electron chi connectivity index (χ3n) is 2.88. The molecule has 1 aliphatic rings. The summed E-state index contributed by atoms with van der Waals surface area (Å²) in [5, 5.41) is 0. The Morgan fingerprint density at radius 3 is 2.24 bits per heavy atom. The molecule has 1 aromatic carbocycles. The second-order valence-corrected chi connectivity index (χ2v) is 8.12. The fourth-order valence-corrected chi connectivity index (χ4v) is 7.72. The molecule has 0 aromatic heterocycles. The molecule has 0 amide bonds. The van der Waals surface area contributed by atoms with Crippen LogP contribution in [0.2, 0.25) is 0 Å². The van der Waals surface area contributed by atoms with Gasteiger partial charge >= 0.3 is 0 Å². The highest BCUT2D eigenvalue weighted by Gasteiger charge is 2.45. The summed E-state index contributed by atoms with van der Waals surface area (Å²) < 4.78 is 4.64. The van der Waals surface area contributed by atoms with Gasteiger partial charge in [-0.05, 0) is 25.0 Å². The molecule has 1 saturated heterocycles. The first-order chi connectivity index (χ1) is 8.20. The van der Waals surface area contributed by atoms with Crippen molar-refractivity contribution in [2.75, 3.05) is 12.5 Å². The molecule has 17 heavy (non-hydrogen) atoms. The molecule has 6 heteroatoms. The topological polar surface area (TPSA) is 6.48 Å². The van der Waals surface area contributed by atoms with Crippen molar-refractivity contribution in [3.63, 3.8) is 0 Å². The van der Waals surface area contributed by atoms with E-state index in [0.29, 0.717) is 12.1 Å². The summed E-state index contributed by atoms with van der Waals surface area (Å²) in [6, 6.07) is 11.4. The van der Waals surface area contributed by atoms with Gasteiger partial charge in [-0.3, -0.25) is 0 Å². The summed E-state index contributed by atoms with van der Waals surface area (Å²) in [4.78, 5) is 0. The van der Waals surface area contributed by atoms with Gasteiger partial charge in [0.1, 0.15) is 0 Å². The molecule has 3 atom stereocenters. The van der Waals surface area contributed by atoms with E-state index in [1.807, 2.05) is 0 Å². The molecule has 1 aliphatic heterocycles. The highest BCUT2D eigenvalue weighted by atomic mass is 35.7. The summed E-state index contributed by atoms with van der Waals surface area (Å²) in [6.45, 7) is 2.25. The lowest BCUT2D eigenvalue weighted by Crippen LogP contribution is -2.22. The lowest BCUT2D eigenvalue weighted by Gasteiger charge is -2.23. The van der Waals surface area contributed by atoms with Crippen molar-refractivity contribution in [3.8, 4) is 0 Å². The molecule has 2 rings (SSSR count). The van der Waals surface area contributed by atoms with Gasteiger partial charge in [-0.1, -0.05) is 65.5 Å². The van der Waals surface area contributed by atoms with E-state index in [1.54, 1.807) is 23.9 Å². The van der Waals surface area contributed by atoms with Crippen LogP contribution in [0.1, 0.15) is 18.5 Å². The number of halogens is 1. The zero-order valence-corrected chi connectivity index (χ0v) is 13.4. The Morgan fingerprint density at radius 1 is 1.12 bits per heavy atom. The van der Waals surface area contributed by atoms with Crippen LogP contribution in [0.25, 0.3) is 0 Å². The minimum absolute atomic E-state index is 0.377. The van der Waals surface area contributed by atoms with Gasteiger partial charge in [0.2, 0.25) is 0 Å². The number of nitrogens with zero attached hydrogens (tertiary/aromatic N) is 2. The molecule has 1 fully saturated rings. The van der Waals surface area contributed by atoms with Crippen LogP contribution in [0, 0.1) is 0 Å². The molecule has 0 spiro atoms. The van der Waals surface area contributed by atoms with Crippen LogP contribution in [0.5, 0.6) is 0 Å². The first-order valence-corrected chi connectivity index (χ1v) is 9.89. The van der Waals surface area contributed by atoms with Gasteiger partial charge in [-0.15, -0.1) is 0 Å². The Morgan fingerprint density at radius 2 is 1.71 bits per heavy atom. The van der Waals surface area contributed by atoms with Crippen LogP contribution in [0.3, 0.4) is 0 Å². The van der Waals surface area contributed by atoms with Gasteiger partial charge in [-0.25, -0.2) is 0 Å². The molecule has 0 radical (unpaired) electrons. The molecule has 1 heterocycles. The van der Waals surface area contributed by atoms with Crippen LogP contribution in [0.4, 0.5) is 0 Å². The average Bonchev–Trinajstić information content (AvgIpc) is 2.61. The molecule has 0 N–H and O–H groups in total. The second-order valence-electron chi connectivity index (χ2n) is 3.81. The zero-order valence-electron chi connectivity index (χ0n) is 10.1. The number of hydrogen-bond acceptors (Lipinski definition) is 4. The minimum Gasteiger partial charge on any atom is -0.197 e. The molecular formula is C11H16ClN2PS2. The van der Waals surface area contributed by atoms with Crippen molar-refractivity contribution in [1.29, 1.82) is 0 Å². The lowest BCUT2D eigenvalue weighted by molar-refractivity contribution is 0.430. The molecule has 0 saturated carbocycles.